The van der Waals surface area contributed by atoms with E-state index in [1.807, 2.05) is 0 Å². The molecule has 2 rings (SSSR count). The molecule has 1 nitrogen and oxygen atoms in total. The predicted molar refractivity (Wildman–Crippen MR) is 69.6 cm³/mol. The van der Waals surface area contributed by atoms with Gasteiger partial charge in [0.2, 0.25) is 0 Å². The highest BCUT2D eigenvalue weighted by Crippen LogP contribution is 2.34. The van der Waals surface area contributed by atoms with Crippen LogP contribution in [0.15, 0.2) is 22.7 Å². The summed E-state index contributed by atoms with van der Waals surface area (Å²) in [6.07, 6.45) is 1.53. The highest BCUT2D eigenvalue weighted by Gasteiger charge is 2.30. The van der Waals surface area contributed by atoms with Crippen molar-refractivity contribution >= 4 is 21.6 Å². The van der Waals surface area contributed by atoms with Crippen LogP contribution in [0.3, 0.4) is 0 Å². The van der Waals surface area contributed by atoms with Crippen LogP contribution >= 0.6 is 15.9 Å². The van der Waals surface area contributed by atoms with Crippen molar-refractivity contribution in [2.24, 2.45) is 0 Å². The first-order chi connectivity index (χ1) is 8.47. The Balaban J connectivity index is 2.09. The third kappa shape index (κ3) is 3.40. The van der Waals surface area contributed by atoms with Gasteiger partial charge in [-0.1, -0.05) is 19.3 Å². The van der Waals surface area contributed by atoms with Crippen molar-refractivity contribution in [1.29, 1.82) is 0 Å². The van der Waals surface area contributed by atoms with Crippen molar-refractivity contribution in [3.8, 4) is 0 Å². The van der Waals surface area contributed by atoms with E-state index in [2.05, 4.69) is 21.2 Å². The van der Waals surface area contributed by atoms with E-state index in [1.54, 1.807) is 0 Å². The molecule has 1 saturated carbocycles. The number of alkyl halides is 3. The third-order valence-electron chi connectivity index (χ3n) is 3.26. The van der Waals surface area contributed by atoms with Gasteiger partial charge in [0.05, 0.1) is 5.56 Å². The standard InChI is InChI=1S/C13H15BrF3N/c14-11-8-9(13(15,16)17)6-7-12(11)18-10-4-2-1-3-5-10/h6-8,10,18H,1-5H2. The van der Waals surface area contributed by atoms with Crippen LogP contribution < -0.4 is 5.32 Å². The summed E-state index contributed by atoms with van der Waals surface area (Å²) in [4.78, 5) is 0. The van der Waals surface area contributed by atoms with Gasteiger partial charge in [-0.25, -0.2) is 0 Å². The summed E-state index contributed by atoms with van der Waals surface area (Å²) >= 11 is 3.20. The molecule has 0 unspecified atom stereocenters. The molecular weight excluding hydrogens is 307 g/mol. The minimum atomic E-state index is -4.29. The fraction of sp³-hybridized carbons (Fsp3) is 0.538. The largest absolute Gasteiger partial charge is 0.416 e. The summed E-state index contributed by atoms with van der Waals surface area (Å²) in [7, 11) is 0. The van der Waals surface area contributed by atoms with Gasteiger partial charge in [-0.2, -0.15) is 13.2 Å². The number of rotatable bonds is 2. The highest BCUT2D eigenvalue weighted by atomic mass is 79.9. The Morgan fingerprint density at radius 3 is 2.33 bits per heavy atom. The zero-order chi connectivity index (χ0) is 13.2. The van der Waals surface area contributed by atoms with Gasteiger partial charge in [0, 0.05) is 16.2 Å². The van der Waals surface area contributed by atoms with Crippen molar-refractivity contribution in [2.45, 2.75) is 44.3 Å². The summed E-state index contributed by atoms with van der Waals surface area (Å²) in [5.74, 6) is 0. The van der Waals surface area contributed by atoms with Gasteiger partial charge in [-0.15, -0.1) is 0 Å². The minimum absolute atomic E-state index is 0.381. The van der Waals surface area contributed by atoms with Crippen molar-refractivity contribution < 1.29 is 13.2 Å². The van der Waals surface area contributed by atoms with E-state index in [0.717, 1.165) is 30.7 Å². The van der Waals surface area contributed by atoms with Crippen LogP contribution in [0, 0.1) is 0 Å². The van der Waals surface area contributed by atoms with Crippen molar-refractivity contribution in [2.75, 3.05) is 5.32 Å². The molecule has 1 fully saturated rings. The maximum absolute atomic E-state index is 12.5. The minimum Gasteiger partial charge on any atom is -0.381 e. The molecular formula is C13H15BrF3N. The quantitative estimate of drug-likeness (QED) is 0.788. The van der Waals surface area contributed by atoms with E-state index < -0.39 is 11.7 Å². The molecule has 18 heavy (non-hydrogen) atoms. The smallest absolute Gasteiger partial charge is 0.381 e. The van der Waals surface area contributed by atoms with Crippen LogP contribution in [0.1, 0.15) is 37.7 Å². The van der Waals surface area contributed by atoms with Crippen LogP contribution in [0.4, 0.5) is 18.9 Å². The second-order valence-electron chi connectivity index (χ2n) is 4.67. The Bertz CT molecular complexity index is 411. The summed E-state index contributed by atoms with van der Waals surface area (Å²) in [5, 5.41) is 3.31. The fourth-order valence-electron chi connectivity index (χ4n) is 2.28. The number of halogens is 4. The molecule has 0 saturated heterocycles. The van der Waals surface area contributed by atoms with Gasteiger partial charge in [0.25, 0.3) is 0 Å². The van der Waals surface area contributed by atoms with Crippen LogP contribution in [-0.2, 0) is 6.18 Å². The van der Waals surface area contributed by atoms with Gasteiger partial charge in [0.1, 0.15) is 0 Å². The first kappa shape index (κ1) is 13.7. The molecule has 0 heterocycles. The van der Waals surface area contributed by atoms with Crippen LogP contribution in [-0.4, -0.2) is 6.04 Å². The van der Waals surface area contributed by atoms with E-state index in [4.69, 9.17) is 0 Å². The molecule has 1 aromatic carbocycles. The van der Waals surface area contributed by atoms with Gasteiger partial charge in [-0.05, 0) is 47.0 Å². The second-order valence-corrected chi connectivity index (χ2v) is 5.53. The molecule has 1 aromatic rings. The van der Waals surface area contributed by atoms with Crippen molar-refractivity contribution in [1.82, 2.24) is 0 Å². The topological polar surface area (TPSA) is 12.0 Å². The zero-order valence-corrected chi connectivity index (χ0v) is 11.4. The Morgan fingerprint density at radius 2 is 1.78 bits per heavy atom. The number of benzene rings is 1. The van der Waals surface area contributed by atoms with Crippen LogP contribution in [0.5, 0.6) is 0 Å². The number of hydrogen-bond donors (Lipinski definition) is 1. The molecule has 0 atom stereocenters. The molecule has 5 heteroatoms. The Labute approximate surface area is 113 Å². The summed E-state index contributed by atoms with van der Waals surface area (Å²) < 4.78 is 38.0. The van der Waals surface area contributed by atoms with Crippen LogP contribution in [0.25, 0.3) is 0 Å². The van der Waals surface area contributed by atoms with Gasteiger partial charge in [0.15, 0.2) is 0 Å². The average Bonchev–Trinajstić information content (AvgIpc) is 2.32. The molecule has 0 aliphatic heterocycles. The highest BCUT2D eigenvalue weighted by molar-refractivity contribution is 9.10. The van der Waals surface area contributed by atoms with Gasteiger partial charge < -0.3 is 5.32 Å². The van der Waals surface area contributed by atoms with E-state index in [-0.39, 0.29) is 0 Å². The molecule has 1 aliphatic carbocycles. The second kappa shape index (κ2) is 5.51. The molecule has 0 radical (unpaired) electrons. The lowest BCUT2D eigenvalue weighted by molar-refractivity contribution is -0.137. The summed E-state index contributed by atoms with van der Waals surface area (Å²) in [6, 6.07) is 4.13. The molecule has 0 aromatic heterocycles. The maximum atomic E-state index is 12.5. The maximum Gasteiger partial charge on any atom is 0.416 e. The predicted octanol–water partition coefficient (Wildman–Crippen LogP) is 5.21. The first-order valence-electron chi connectivity index (χ1n) is 6.10. The van der Waals surface area contributed by atoms with Crippen molar-refractivity contribution in [3.05, 3.63) is 28.2 Å². The zero-order valence-electron chi connectivity index (χ0n) is 9.86. The molecule has 100 valence electrons. The van der Waals surface area contributed by atoms with Crippen molar-refractivity contribution in [3.63, 3.8) is 0 Å². The molecule has 0 spiro atoms. The monoisotopic (exact) mass is 321 g/mol. The van der Waals surface area contributed by atoms with E-state index >= 15 is 0 Å². The molecule has 0 amide bonds. The Kier molecular flexibility index (Phi) is 4.20. The first-order valence-corrected chi connectivity index (χ1v) is 6.89. The normalized spacial score (nSPS) is 17.8. The van der Waals surface area contributed by atoms with Gasteiger partial charge >= 0.3 is 6.18 Å². The number of nitrogens with one attached hydrogen (secondary N) is 1. The SMILES string of the molecule is FC(F)(F)c1ccc(NC2CCCCC2)c(Br)c1. The van der Waals surface area contributed by atoms with Gasteiger partial charge in [-0.3, -0.25) is 0 Å². The molecule has 0 bridgehead atoms. The summed E-state index contributed by atoms with van der Waals surface area (Å²) in [6.45, 7) is 0. The molecule has 1 aliphatic rings. The lowest BCUT2D eigenvalue weighted by Crippen LogP contribution is -2.22. The number of anilines is 1. The average molecular weight is 322 g/mol. The van der Waals surface area contributed by atoms with E-state index in [9.17, 15) is 13.2 Å². The third-order valence-corrected chi connectivity index (χ3v) is 3.92. The Morgan fingerprint density at radius 1 is 1.11 bits per heavy atom. The van der Waals surface area contributed by atoms with Crippen LogP contribution in [0.2, 0.25) is 0 Å². The lowest BCUT2D eigenvalue weighted by atomic mass is 9.95. The van der Waals surface area contributed by atoms with E-state index in [0.29, 0.717) is 10.5 Å². The Hall–Kier alpha value is -0.710. The molecule has 1 N–H and O–H groups in total. The summed E-state index contributed by atoms with van der Waals surface area (Å²) in [5.41, 5.74) is 0.124. The lowest BCUT2D eigenvalue weighted by Gasteiger charge is -2.24. The number of hydrogen-bond acceptors (Lipinski definition) is 1. The fourth-order valence-corrected chi connectivity index (χ4v) is 2.77. The van der Waals surface area contributed by atoms with E-state index in [1.165, 1.54) is 25.3 Å².